The number of Topliss-reactive ketones (excluding diaryl/α,β-unsaturated/α-hetero) is 1. The van der Waals surface area contributed by atoms with E-state index >= 15 is 0 Å². The Morgan fingerprint density at radius 2 is 1.47 bits per heavy atom. The van der Waals surface area contributed by atoms with Gasteiger partial charge in [0.15, 0.2) is 5.78 Å². The lowest BCUT2D eigenvalue weighted by Crippen LogP contribution is -2.30. The first-order chi connectivity index (χ1) is 14.5. The molecule has 160 valence electrons. The minimum atomic E-state index is -0.393. The van der Waals surface area contributed by atoms with E-state index in [-0.39, 0.29) is 12.4 Å². The molecule has 0 heterocycles. The van der Waals surface area contributed by atoms with Crippen molar-refractivity contribution in [3.05, 3.63) is 59.6 Å². The van der Waals surface area contributed by atoms with E-state index in [2.05, 4.69) is 0 Å². The number of halogens is 1. The van der Waals surface area contributed by atoms with Gasteiger partial charge in [-0.2, -0.15) is 0 Å². The number of hydrogen-bond acceptors (Lipinski definition) is 4. The van der Waals surface area contributed by atoms with Crippen LogP contribution in [0.2, 0.25) is 5.02 Å². The number of para-hydroxylation sites is 1. The van der Waals surface area contributed by atoms with Gasteiger partial charge in [-0.15, -0.1) is 0 Å². The lowest BCUT2D eigenvalue weighted by Gasteiger charge is -2.29. The number of nitrogens with zero attached hydrogens (tertiary/aromatic N) is 1. The van der Waals surface area contributed by atoms with Crippen LogP contribution in [0.5, 0.6) is 0 Å². The van der Waals surface area contributed by atoms with E-state index < -0.39 is 6.09 Å². The Hall–Kier alpha value is -2.37. The number of benzene rings is 2. The average Bonchev–Trinajstić information content (AvgIpc) is 2.75. The molecule has 0 saturated heterocycles. The second-order valence-electron chi connectivity index (χ2n) is 7.83. The Labute approximate surface area is 182 Å². The number of carbonyl (C=O) groups is 2. The maximum absolute atomic E-state index is 13.0. The van der Waals surface area contributed by atoms with Crippen LogP contribution in [0.15, 0.2) is 54.6 Å². The van der Waals surface area contributed by atoms with E-state index in [0.717, 1.165) is 31.4 Å². The maximum atomic E-state index is 13.0. The summed E-state index contributed by atoms with van der Waals surface area (Å²) in [4.78, 5) is 25.5. The molecule has 0 unspecified atom stereocenters. The molecule has 6 heteroatoms. The second kappa shape index (κ2) is 11.1. The van der Waals surface area contributed by atoms with Crippen molar-refractivity contribution in [2.75, 3.05) is 24.7 Å². The van der Waals surface area contributed by atoms with E-state index in [9.17, 15) is 9.59 Å². The summed E-state index contributed by atoms with van der Waals surface area (Å²) in [7, 11) is 0. The molecule has 0 radical (unpaired) electrons. The molecule has 0 atom stereocenters. The summed E-state index contributed by atoms with van der Waals surface area (Å²) in [5.41, 5.74) is 1.46. The van der Waals surface area contributed by atoms with Crippen LogP contribution in [-0.2, 0) is 14.3 Å². The third-order valence-corrected chi connectivity index (χ3v) is 5.60. The maximum Gasteiger partial charge on any atom is 0.418 e. The van der Waals surface area contributed by atoms with Crippen LogP contribution in [0.4, 0.5) is 16.2 Å². The van der Waals surface area contributed by atoms with Crippen molar-refractivity contribution in [1.29, 1.82) is 0 Å². The molecule has 3 rings (SSSR count). The molecule has 0 aromatic heterocycles. The topological polar surface area (TPSA) is 55.8 Å². The lowest BCUT2D eigenvalue weighted by atomic mass is 9.83. The largest absolute Gasteiger partial charge is 0.449 e. The highest BCUT2D eigenvalue weighted by Crippen LogP contribution is 2.31. The lowest BCUT2D eigenvalue weighted by molar-refractivity contribution is -0.122. The Kier molecular flexibility index (Phi) is 8.29. The van der Waals surface area contributed by atoms with Crippen LogP contribution >= 0.6 is 11.6 Å². The number of ketones is 1. The first kappa shape index (κ1) is 22.3. The number of anilines is 2. The van der Waals surface area contributed by atoms with Crippen molar-refractivity contribution in [2.45, 2.75) is 32.6 Å². The molecule has 0 N–H and O–H groups in total. The highest BCUT2D eigenvalue weighted by molar-refractivity contribution is 6.30. The summed E-state index contributed by atoms with van der Waals surface area (Å²) in [5, 5.41) is 0.615. The molecule has 1 fully saturated rings. The van der Waals surface area contributed by atoms with Gasteiger partial charge in [-0.25, -0.2) is 9.69 Å². The van der Waals surface area contributed by atoms with Crippen LogP contribution in [0.25, 0.3) is 0 Å². The molecule has 30 heavy (non-hydrogen) atoms. The van der Waals surface area contributed by atoms with Crippen LogP contribution in [-0.4, -0.2) is 31.7 Å². The van der Waals surface area contributed by atoms with Gasteiger partial charge in [-0.05, 0) is 80.8 Å². The molecule has 1 amide bonds. The van der Waals surface area contributed by atoms with Gasteiger partial charge in [0.1, 0.15) is 6.61 Å². The summed E-state index contributed by atoms with van der Waals surface area (Å²) in [6.45, 7) is 2.76. The van der Waals surface area contributed by atoms with E-state index in [0.29, 0.717) is 35.8 Å². The molecule has 1 aliphatic carbocycles. The zero-order valence-corrected chi connectivity index (χ0v) is 18.0. The van der Waals surface area contributed by atoms with Gasteiger partial charge in [-0.1, -0.05) is 29.8 Å². The third-order valence-electron chi connectivity index (χ3n) is 5.35. The van der Waals surface area contributed by atoms with Crippen molar-refractivity contribution >= 4 is 34.9 Å². The van der Waals surface area contributed by atoms with Gasteiger partial charge in [0.2, 0.25) is 0 Å². The van der Waals surface area contributed by atoms with Crippen LogP contribution < -0.4 is 4.90 Å². The van der Waals surface area contributed by atoms with Crippen molar-refractivity contribution in [3.8, 4) is 0 Å². The first-order valence-corrected chi connectivity index (χ1v) is 10.8. The Balaban J connectivity index is 1.54. The molecule has 5 nitrogen and oxygen atoms in total. The van der Waals surface area contributed by atoms with Gasteiger partial charge in [-0.3, -0.25) is 4.79 Å². The van der Waals surface area contributed by atoms with Crippen molar-refractivity contribution in [1.82, 2.24) is 0 Å². The SMILES string of the molecule is CC(=O)COC[C@H]1CC[C@@H](COC(=O)N(c2ccccc2)c2ccc(Cl)cc2)CC1. The predicted molar refractivity (Wildman–Crippen MR) is 118 cm³/mol. The highest BCUT2D eigenvalue weighted by Gasteiger charge is 2.25. The minimum Gasteiger partial charge on any atom is -0.449 e. The van der Waals surface area contributed by atoms with Crippen LogP contribution in [0, 0.1) is 11.8 Å². The summed E-state index contributed by atoms with van der Waals surface area (Å²) in [5.74, 6) is 0.881. The Bertz CT molecular complexity index is 817. The van der Waals surface area contributed by atoms with Gasteiger partial charge in [0.25, 0.3) is 0 Å². The number of rotatable bonds is 8. The fraction of sp³-hybridized carbons (Fsp3) is 0.417. The highest BCUT2D eigenvalue weighted by atomic mass is 35.5. The van der Waals surface area contributed by atoms with Crippen molar-refractivity contribution in [3.63, 3.8) is 0 Å². The Morgan fingerprint density at radius 3 is 2.07 bits per heavy atom. The number of ether oxygens (including phenoxy) is 2. The van der Waals surface area contributed by atoms with Crippen molar-refractivity contribution < 1.29 is 19.1 Å². The zero-order valence-electron chi connectivity index (χ0n) is 17.3. The van der Waals surface area contributed by atoms with Gasteiger partial charge in [0, 0.05) is 11.6 Å². The number of carbonyl (C=O) groups excluding carboxylic acids is 2. The van der Waals surface area contributed by atoms with Crippen LogP contribution in [0.1, 0.15) is 32.6 Å². The minimum absolute atomic E-state index is 0.0549. The molecule has 1 saturated carbocycles. The third kappa shape index (κ3) is 6.57. The first-order valence-electron chi connectivity index (χ1n) is 10.4. The fourth-order valence-electron chi connectivity index (χ4n) is 3.71. The van der Waals surface area contributed by atoms with Gasteiger partial charge >= 0.3 is 6.09 Å². The molecular weight excluding hydrogens is 402 g/mol. The molecular formula is C24H28ClNO4. The normalized spacial score (nSPS) is 18.6. The zero-order chi connectivity index (χ0) is 21.3. The summed E-state index contributed by atoms with van der Waals surface area (Å²) < 4.78 is 11.2. The van der Waals surface area contributed by atoms with Crippen LogP contribution in [0.3, 0.4) is 0 Å². The van der Waals surface area contributed by atoms with E-state index in [4.69, 9.17) is 21.1 Å². The fourth-order valence-corrected chi connectivity index (χ4v) is 3.84. The average molecular weight is 430 g/mol. The van der Waals surface area contributed by atoms with E-state index in [1.54, 1.807) is 17.0 Å². The number of amides is 1. The van der Waals surface area contributed by atoms with Crippen molar-refractivity contribution in [2.24, 2.45) is 11.8 Å². The Morgan fingerprint density at radius 1 is 0.900 bits per heavy atom. The van der Waals surface area contributed by atoms with E-state index in [1.165, 1.54) is 6.92 Å². The number of hydrogen-bond donors (Lipinski definition) is 0. The van der Waals surface area contributed by atoms with E-state index in [1.807, 2.05) is 42.5 Å². The summed E-state index contributed by atoms with van der Waals surface area (Å²) >= 11 is 6.00. The molecule has 1 aliphatic rings. The molecule has 2 aromatic carbocycles. The molecule has 0 spiro atoms. The molecule has 2 aromatic rings. The standard InChI is InChI=1S/C24H28ClNO4/c1-18(27)15-29-16-19-7-9-20(10-8-19)17-30-24(28)26(22-5-3-2-4-6-22)23-13-11-21(25)12-14-23/h2-6,11-14,19-20H,7-10,15-17H2,1H3/t19-,20+. The molecule has 0 bridgehead atoms. The summed E-state index contributed by atoms with van der Waals surface area (Å²) in [6, 6.07) is 16.6. The second-order valence-corrected chi connectivity index (χ2v) is 8.26. The summed E-state index contributed by atoms with van der Waals surface area (Å²) in [6.07, 6.45) is 3.65. The smallest absolute Gasteiger partial charge is 0.418 e. The van der Waals surface area contributed by atoms with Gasteiger partial charge in [0.05, 0.1) is 18.0 Å². The quantitative estimate of drug-likeness (QED) is 0.514. The predicted octanol–water partition coefficient (Wildman–Crippen LogP) is 6.03. The van der Waals surface area contributed by atoms with Gasteiger partial charge < -0.3 is 9.47 Å². The molecule has 0 aliphatic heterocycles. The monoisotopic (exact) mass is 429 g/mol.